The molecular formula is C14H22NO4P. The third kappa shape index (κ3) is 5.45. The standard InChI is InChI=1S/C14H22NO4P/c1-4-18-20(17,19-5-2)11-14(15-12(3)16)13-9-7-6-8-10-13/h6-10,14H,4-5,11H2,1-3H3,(H,15,16). The fourth-order valence-corrected chi connectivity index (χ4v) is 3.75. The number of carbonyl (C=O) groups excluding carboxylic acids is 1. The van der Waals surface area contributed by atoms with Crippen molar-refractivity contribution in [2.75, 3.05) is 19.4 Å². The van der Waals surface area contributed by atoms with E-state index in [0.717, 1.165) is 5.56 Å². The lowest BCUT2D eigenvalue weighted by Crippen LogP contribution is -2.29. The smallest absolute Gasteiger partial charge is 0.333 e. The molecule has 0 aliphatic carbocycles. The maximum atomic E-state index is 12.6. The number of hydrogen-bond donors (Lipinski definition) is 1. The topological polar surface area (TPSA) is 64.6 Å². The molecule has 1 amide bonds. The Hall–Kier alpha value is -1.16. The minimum Gasteiger partial charge on any atom is -0.349 e. The highest BCUT2D eigenvalue weighted by molar-refractivity contribution is 7.53. The quantitative estimate of drug-likeness (QED) is 0.749. The van der Waals surface area contributed by atoms with Gasteiger partial charge < -0.3 is 14.4 Å². The lowest BCUT2D eigenvalue weighted by molar-refractivity contribution is -0.119. The van der Waals surface area contributed by atoms with Gasteiger partial charge in [0, 0.05) is 6.92 Å². The zero-order valence-electron chi connectivity index (χ0n) is 12.2. The molecule has 0 aliphatic heterocycles. The minimum absolute atomic E-state index is 0.123. The molecule has 1 atom stereocenters. The molecule has 1 rings (SSSR count). The zero-order chi connectivity index (χ0) is 15.0. The fourth-order valence-electron chi connectivity index (χ4n) is 1.92. The van der Waals surface area contributed by atoms with Gasteiger partial charge in [-0.1, -0.05) is 30.3 Å². The molecule has 1 aromatic rings. The molecule has 0 bridgehead atoms. The number of carbonyl (C=O) groups is 1. The van der Waals surface area contributed by atoms with Gasteiger partial charge in [-0.3, -0.25) is 9.36 Å². The van der Waals surface area contributed by atoms with Crippen LogP contribution in [-0.2, 0) is 18.4 Å². The van der Waals surface area contributed by atoms with Crippen molar-refractivity contribution < 1.29 is 18.4 Å². The van der Waals surface area contributed by atoms with E-state index in [2.05, 4.69) is 5.32 Å². The number of benzene rings is 1. The van der Waals surface area contributed by atoms with Crippen LogP contribution in [0.4, 0.5) is 0 Å². The highest BCUT2D eigenvalue weighted by atomic mass is 31.2. The van der Waals surface area contributed by atoms with Crippen LogP contribution in [0.25, 0.3) is 0 Å². The monoisotopic (exact) mass is 299 g/mol. The van der Waals surface area contributed by atoms with E-state index in [9.17, 15) is 9.36 Å². The lowest BCUT2D eigenvalue weighted by Gasteiger charge is -2.24. The first kappa shape index (κ1) is 16.9. The van der Waals surface area contributed by atoms with Crippen LogP contribution in [0.2, 0.25) is 0 Å². The Labute approximate surface area is 120 Å². The SMILES string of the molecule is CCOP(=O)(CC(NC(C)=O)c1ccccc1)OCC. The van der Waals surface area contributed by atoms with Crippen molar-refractivity contribution in [3.8, 4) is 0 Å². The Balaban J connectivity index is 2.93. The Bertz CT molecular complexity index is 454. The van der Waals surface area contributed by atoms with E-state index in [-0.39, 0.29) is 12.1 Å². The molecule has 1 N–H and O–H groups in total. The molecule has 5 nitrogen and oxygen atoms in total. The van der Waals surface area contributed by atoms with Gasteiger partial charge in [-0.15, -0.1) is 0 Å². The summed E-state index contributed by atoms with van der Waals surface area (Å²) in [4.78, 5) is 11.3. The number of rotatable bonds is 8. The predicted molar refractivity (Wildman–Crippen MR) is 78.7 cm³/mol. The predicted octanol–water partition coefficient (Wildman–Crippen LogP) is 3.13. The molecular weight excluding hydrogens is 277 g/mol. The van der Waals surface area contributed by atoms with Crippen LogP contribution in [0.3, 0.4) is 0 Å². The summed E-state index contributed by atoms with van der Waals surface area (Å²) in [6.45, 7) is 5.57. The summed E-state index contributed by atoms with van der Waals surface area (Å²) in [6.07, 6.45) is 0.123. The first-order valence-electron chi connectivity index (χ1n) is 6.71. The number of hydrogen-bond acceptors (Lipinski definition) is 4. The molecule has 0 radical (unpaired) electrons. The largest absolute Gasteiger partial charge is 0.349 e. The van der Waals surface area contributed by atoms with Gasteiger partial charge in [0.1, 0.15) is 0 Å². The van der Waals surface area contributed by atoms with Crippen LogP contribution in [0.15, 0.2) is 30.3 Å². The molecule has 112 valence electrons. The van der Waals surface area contributed by atoms with Crippen molar-refractivity contribution in [3.05, 3.63) is 35.9 Å². The van der Waals surface area contributed by atoms with Gasteiger partial charge >= 0.3 is 7.60 Å². The normalized spacial score (nSPS) is 12.9. The number of nitrogens with one attached hydrogen (secondary N) is 1. The van der Waals surface area contributed by atoms with E-state index in [4.69, 9.17) is 9.05 Å². The van der Waals surface area contributed by atoms with Gasteiger partial charge in [0.15, 0.2) is 0 Å². The van der Waals surface area contributed by atoms with E-state index in [0.29, 0.717) is 13.2 Å². The highest BCUT2D eigenvalue weighted by Gasteiger charge is 2.29. The Morgan fingerprint density at radius 3 is 2.20 bits per heavy atom. The maximum absolute atomic E-state index is 12.6. The van der Waals surface area contributed by atoms with Gasteiger partial charge in [0.25, 0.3) is 0 Å². The van der Waals surface area contributed by atoms with Crippen molar-refractivity contribution in [1.82, 2.24) is 5.32 Å². The van der Waals surface area contributed by atoms with Gasteiger partial charge in [-0.2, -0.15) is 0 Å². The van der Waals surface area contributed by atoms with Crippen molar-refractivity contribution in [2.45, 2.75) is 26.8 Å². The highest BCUT2D eigenvalue weighted by Crippen LogP contribution is 2.50. The molecule has 0 spiro atoms. The van der Waals surface area contributed by atoms with Crippen molar-refractivity contribution in [3.63, 3.8) is 0 Å². The second-order valence-corrected chi connectivity index (χ2v) is 6.40. The third-order valence-electron chi connectivity index (χ3n) is 2.64. The molecule has 6 heteroatoms. The summed E-state index contributed by atoms with van der Waals surface area (Å²) >= 11 is 0. The maximum Gasteiger partial charge on any atom is 0.333 e. The molecule has 0 fully saturated rings. The Morgan fingerprint density at radius 2 is 1.75 bits per heavy atom. The van der Waals surface area contributed by atoms with E-state index in [1.165, 1.54) is 6.92 Å². The molecule has 0 saturated heterocycles. The van der Waals surface area contributed by atoms with Crippen LogP contribution in [0.5, 0.6) is 0 Å². The molecule has 0 aromatic heterocycles. The Morgan fingerprint density at radius 1 is 1.20 bits per heavy atom. The lowest BCUT2D eigenvalue weighted by atomic mass is 10.1. The second kappa shape index (κ2) is 8.20. The van der Waals surface area contributed by atoms with Crippen molar-refractivity contribution in [1.29, 1.82) is 0 Å². The summed E-state index contributed by atoms with van der Waals surface area (Å²) in [5.41, 5.74) is 0.877. The molecule has 0 heterocycles. The van der Waals surface area contributed by atoms with Gasteiger partial charge in [0.2, 0.25) is 5.91 Å². The van der Waals surface area contributed by atoms with Crippen molar-refractivity contribution >= 4 is 13.5 Å². The molecule has 0 saturated carbocycles. The summed E-state index contributed by atoms with van der Waals surface area (Å²) in [7, 11) is -3.21. The average Bonchev–Trinajstić information content (AvgIpc) is 2.39. The summed E-state index contributed by atoms with van der Waals surface area (Å²) < 4.78 is 23.2. The molecule has 20 heavy (non-hydrogen) atoms. The van der Waals surface area contributed by atoms with Gasteiger partial charge in [0.05, 0.1) is 25.4 Å². The summed E-state index contributed by atoms with van der Waals surface area (Å²) in [5.74, 6) is -0.182. The van der Waals surface area contributed by atoms with E-state index in [1.807, 2.05) is 30.3 Å². The fraction of sp³-hybridized carbons (Fsp3) is 0.500. The third-order valence-corrected chi connectivity index (χ3v) is 4.75. The van der Waals surface area contributed by atoms with Crippen LogP contribution in [0.1, 0.15) is 32.4 Å². The van der Waals surface area contributed by atoms with Gasteiger partial charge in [-0.25, -0.2) is 0 Å². The van der Waals surface area contributed by atoms with Crippen molar-refractivity contribution in [2.24, 2.45) is 0 Å². The first-order chi connectivity index (χ1) is 9.50. The first-order valence-corrected chi connectivity index (χ1v) is 8.43. The zero-order valence-corrected chi connectivity index (χ0v) is 13.1. The number of amides is 1. The summed E-state index contributed by atoms with van der Waals surface area (Å²) in [5, 5.41) is 2.80. The molecule has 1 unspecified atom stereocenters. The van der Waals surface area contributed by atoms with Crippen LogP contribution in [0, 0.1) is 0 Å². The average molecular weight is 299 g/mol. The second-order valence-electron chi connectivity index (χ2n) is 4.29. The molecule has 1 aromatic carbocycles. The van der Waals surface area contributed by atoms with Crippen LogP contribution >= 0.6 is 7.60 Å². The van der Waals surface area contributed by atoms with Crippen LogP contribution < -0.4 is 5.32 Å². The van der Waals surface area contributed by atoms with E-state index in [1.54, 1.807) is 13.8 Å². The summed E-state index contributed by atoms with van der Waals surface area (Å²) in [6, 6.07) is 9.00. The Kier molecular flexibility index (Phi) is 6.93. The van der Waals surface area contributed by atoms with Crippen LogP contribution in [-0.4, -0.2) is 25.3 Å². The van der Waals surface area contributed by atoms with E-state index < -0.39 is 13.6 Å². The minimum atomic E-state index is -3.21. The van der Waals surface area contributed by atoms with Gasteiger partial charge in [-0.05, 0) is 19.4 Å². The molecule has 0 aliphatic rings. The van der Waals surface area contributed by atoms with E-state index >= 15 is 0 Å².